The van der Waals surface area contributed by atoms with Crippen LogP contribution in [-0.4, -0.2) is 38.0 Å². The molecule has 2 aromatic carbocycles. The number of benzene rings is 2. The van der Waals surface area contributed by atoms with E-state index >= 15 is 0 Å². The monoisotopic (exact) mass is 381 g/mol. The van der Waals surface area contributed by atoms with Crippen LogP contribution in [0.2, 0.25) is 0 Å². The number of rotatable bonds is 5. The number of halogens is 1. The van der Waals surface area contributed by atoms with Gasteiger partial charge in [-0.15, -0.1) is 0 Å². The number of fused-ring (bicyclic) bond motifs is 2. The molecule has 28 heavy (non-hydrogen) atoms. The van der Waals surface area contributed by atoms with Crippen LogP contribution >= 0.6 is 0 Å². The number of hydrogen-bond donors (Lipinski definition) is 1. The third-order valence-corrected chi connectivity index (χ3v) is 5.13. The van der Waals surface area contributed by atoms with Gasteiger partial charge in [0.25, 0.3) is 5.91 Å². The van der Waals surface area contributed by atoms with Crippen LogP contribution in [0.15, 0.2) is 57.7 Å². The second-order valence-corrected chi connectivity index (χ2v) is 7.43. The summed E-state index contributed by atoms with van der Waals surface area (Å²) in [5.41, 5.74) is 1.23. The predicted octanol–water partition coefficient (Wildman–Crippen LogP) is 2.01. The summed E-state index contributed by atoms with van der Waals surface area (Å²) in [6.45, 7) is 1.38. The Bertz CT molecular complexity index is 1090. The molecule has 0 unspecified atom stereocenters. The van der Waals surface area contributed by atoms with Gasteiger partial charge in [0.05, 0.1) is 37.6 Å². The molecule has 6 heteroatoms. The molecule has 0 aliphatic carbocycles. The highest BCUT2D eigenvalue weighted by Gasteiger charge is 2.42. The maximum Gasteiger partial charge on any atom is 0.290 e. The van der Waals surface area contributed by atoms with Crippen molar-refractivity contribution in [3.8, 4) is 0 Å². The van der Waals surface area contributed by atoms with Crippen LogP contribution in [0, 0.1) is 5.82 Å². The van der Waals surface area contributed by atoms with Crippen molar-refractivity contribution >= 4 is 16.9 Å². The third kappa shape index (κ3) is 3.10. The lowest BCUT2D eigenvalue weighted by Gasteiger charge is -2.25. The van der Waals surface area contributed by atoms with Crippen molar-refractivity contribution in [1.29, 1.82) is 0 Å². The number of para-hydroxylation sites is 1. The molecule has 0 bridgehead atoms. The Labute approximate surface area is 162 Å². The summed E-state index contributed by atoms with van der Waals surface area (Å²) < 4.78 is 19.3. The topological polar surface area (TPSA) is 55.0 Å². The quantitative estimate of drug-likeness (QED) is 0.736. The summed E-state index contributed by atoms with van der Waals surface area (Å²) in [5.74, 6) is -0.558. The van der Waals surface area contributed by atoms with E-state index in [1.165, 1.54) is 17.0 Å². The van der Waals surface area contributed by atoms with Crippen LogP contribution in [0.4, 0.5) is 4.39 Å². The average molecular weight is 381 g/mol. The van der Waals surface area contributed by atoms with Crippen molar-refractivity contribution in [3.63, 3.8) is 0 Å². The number of quaternary nitrogens is 1. The van der Waals surface area contributed by atoms with Crippen LogP contribution in [0.1, 0.15) is 34.1 Å². The van der Waals surface area contributed by atoms with E-state index in [1.54, 1.807) is 41.3 Å². The summed E-state index contributed by atoms with van der Waals surface area (Å²) in [5, 5.41) is 0.445. The molecule has 4 rings (SSSR count). The first kappa shape index (κ1) is 18.4. The number of amides is 1. The highest BCUT2D eigenvalue weighted by atomic mass is 19.1. The fourth-order valence-electron chi connectivity index (χ4n) is 3.79. The van der Waals surface area contributed by atoms with Gasteiger partial charge in [-0.25, -0.2) is 4.39 Å². The molecule has 0 saturated carbocycles. The second kappa shape index (κ2) is 7.20. The number of carbonyl (C=O) groups is 1. The summed E-state index contributed by atoms with van der Waals surface area (Å²) in [6, 6.07) is 12.3. The molecule has 3 aromatic rings. The minimum atomic E-state index is -0.568. The predicted molar refractivity (Wildman–Crippen MR) is 104 cm³/mol. The maximum absolute atomic E-state index is 13.5. The largest absolute Gasteiger partial charge is 0.450 e. The molecule has 1 aliphatic heterocycles. The molecule has 1 aromatic heterocycles. The van der Waals surface area contributed by atoms with Crippen molar-refractivity contribution in [3.05, 3.63) is 81.5 Å². The number of carbonyl (C=O) groups excluding carboxylic acids is 1. The lowest BCUT2D eigenvalue weighted by molar-refractivity contribution is -0.858. The van der Waals surface area contributed by atoms with E-state index in [4.69, 9.17) is 4.42 Å². The van der Waals surface area contributed by atoms with E-state index in [0.717, 1.165) is 13.0 Å². The second-order valence-electron chi connectivity index (χ2n) is 7.43. The average Bonchev–Trinajstić information content (AvgIpc) is 2.95. The van der Waals surface area contributed by atoms with Gasteiger partial charge in [-0.2, -0.15) is 0 Å². The van der Waals surface area contributed by atoms with E-state index in [0.29, 0.717) is 28.6 Å². The summed E-state index contributed by atoms with van der Waals surface area (Å²) in [4.78, 5) is 29.3. The lowest BCUT2D eigenvalue weighted by atomic mass is 9.98. The zero-order chi connectivity index (χ0) is 19.8. The van der Waals surface area contributed by atoms with Crippen LogP contribution in [0.3, 0.4) is 0 Å². The molecule has 1 amide bonds. The first-order valence-electron chi connectivity index (χ1n) is 9.38. The van der Waals surface area contributed by atoms with Crippen molar-refractivity contribution in [1.82, 2.24) is 4.90 Å². The molecule has 0 radical (unpaired) electrons. The Morgan fingerprint density at radius 1 is 1.07 bits per heavy atom. The molecule has 0 saturated heterocycles. The van der Waals surface area contributed by atoms with E-state index in [1.807, 2.05) is 0 Å². The van der Waals surface area contributed by atoms with Gasteiger partial charge in [0.15, 0.2) is 5.43 Å². The van der Waals surface area contributed by atoms with Gasteiger partial charge < -0.3 is 14.2 Å². The number of nitrogens with zero attached hydrogens (tertiary/aromatic N) is 1. The summed E-state index contributed by atoms with van der Waals surface area (Å²) in [6.07, 6.45) is 0.785. The first-order chi connectivity index (χ1) is 13.5. The molecule has 0 fully saturated rings. The molecule has 2 heterocycles. The zero-order valence-electron chi connectivity index (χ0n) is 15.9. The zero-order valence-corrected chi connectivity index (χ0v) is 15.9. The van der Waals surface area contributed by atoms with Crippen molar-refractivity contribution in [2.45, 2.75) is 12.5 Å². The summed E-state index contributed by atoms with van der Waals surface area (Å²) >= 11 is 0. The van der Waals surface area contributed by atoms with Gasteiger partial charge in [0.2, 0.25) is 5.76 Å². The van der Waals surface area contributed by atoms with Crippen LogP contribution in [0.25, 0.3) is 11.0 Å². The highest BCUT2D eigenvalue weighted by Crippen LogP contribution is 2.38. The molecule has 0 spiro atoms. The van der Waals surface area contributed by atoms with E-state index < -0.39 is 6.04 Å². The Balaban J connectivity index is 1.86. The van der Waals surface area contributed by atoms with Crippen LogP contribution in [-0.2, 0) is 0 Å². The van der Waals surface area contributed by atoms with Gasteiger partial charge in [-0.05, 0) is 29.8 Å². The minimum Gasteiger partial charge on any atom is -0.450 e. The number of nitrogens with one attached hydrogen (secondary N) is 1. The third-order valence-electron chi connectivity index (χ3n) is 5.13. The van der Waals surface area contributed by atoms with Gasteiger partial charge >= 0.3 is 0 Å². The first-order valence-corrected chi connectivity index (χ1v) is 9.38. The smallest absolute Gasteiger partial charge is 0.290 e. The van der Waals surface area contributed by atoms with Crippen molar-refractivity contribution < 1.29 is 18.5 Å². The van der Waals surface area contributed by atoms with Gasteiger partial charge in [-0.1, -0.05) is 24.3 Å². The van der Waals surface area contributed by atoms with Gasteiger partial charge in [-0.3, -0.25) is 9.59 Å². The van der Waals surface area contributed by atoms with Crippen molar-refractivity contribution in [2.24, 2.45) is 0 Å². The molecular formula is C22H22FN2O3+. The van der Waals surface area contributed by atoms with E-state index in [2.05, 4.69) is 14.1 Å². The molecular weight excluding hydrogens is 359 g/mol. The number of hydrogen-bond acceptors (Lipinski definition) is 3. The van der Waals surface area contributed by atoms with E-state index in [-0.39, 0.29) is 22.9 Å². The van der Waals surface area contributed by atoms with Crippen LogP contribution < -0.4 is 10.3 Å². The molecule has 1 N–H and O–H groups in total. The van der Waals surface area contributed by atoms with Gasteiger partial charge in [0, 0.05) is 13.0 Å². The SMILES string of the molecule is C[NH+](C)CCCN1C(=O)c2oc3ccccc3c(=O)c2[C@H]1c1ccc(F)cc1. The molecule has 144 valence electrons. The molecule has 1 atom stereocenters. The molecule has 5 nitrogen and oxygen atoms in total. The van der Waals surface area contributed by atoms with Crippen LogP contribution in [0.5, 0.6) is 0 Å². The maximum atomic E-state index is 13.5. The van der Waals surface area contributed by atoms with Gasteiger partial charge in [0.1, 0.15) is 11.4 Å². The molecule has 1 aliphatic rings. The standard InChI is InChI=1S/C22H21FN2O3/c1-24(2)12-5-13-25-19(14-8-10-15(23)11-9-14)18-20(26)16-6-3-4-7-17(16)28-21(18)22(25)27/h3-4,6-11,19H,5,12-13H2,1-2H3/p+1/t19-/m1/s1. The highest BCUT2D eigenvalue weighted by molar-refractivity contribution is 5.99. The normalized spacial score (nSPS) is 16.2. The van der Waals surface area contributed by atoms with E-state index in [9.17, 15) is 14.0 Å². The lowest BCUT2D eigenvalue weighted by Crippen LogP contribution is -3.05. The fraction of sp³-hybridized carbons (Fsp3) is 0.273. The Kier molecular flexibility index (Phi) is 4.73. The van der Waals surface area contributed by atoms with Crippen molar-refractivity contribution in [2.75, 3.05) is 27.2 Å². The minimum absolute atomic E-state index is 0.0928. The fourth-order valence-corrected chi connectivity index (χ4v) is 3.79. The Hall–Kier alpha value is -2.99. The summed E-state index contributed by atoms with van der Waals surface area (Å²) in [7, 11) is 4.10. The Morgan fingerprint density at radius 2 is 1.79 bits per heavy atom. The Morgan fingerprint density at radius 3 is 2.50 bits per heavy atom.